The van der Waals surface area contributed by atoms with Gasteiger partial charge >= 0.3 is 0 Å². The summed E-state index contributed by atoms with van der Waals surface area (Å²) in [6.45, 7) is 5.74. The Morgan fingerprint density at radius 3 is 2.74 bits per heavy atom. The third kappa shape index (κ3) is 4.57. The Morgan fingerprint density at radius 1 is 1.19 bits per heavy atom. The molecular formula is C20H24N8OS2. The van der Waals surface area contributed by atoms with Gasteiger partial charge in [0.1, 0.15) is 10.7 Å². The molecule has 0 aliphatic carbocycles. The van der Waals surface area contributed by atoms with Crippen molar-refractivity contribution in [3.05, 3.63) is 41.3 Å². The van der Waals surface area contributed by atoms with Crippen LogP contribution in [-0.2, 0) is 6.54 Å². The molecule has 31 heavy (non-hydrogen) atoms. The van der Waals surface area contributed by atoms with Gasteiger partial charge in [-0.25, -0.2) is 19.6 Å². The van der Waals surface area contributed by atoms with Gasteiger partial charge in [0.05, 0.1) is 23.8 Å². The summed E-state index contributed by atoms with van der Waals surface area (Å²) in [4.78, 5) is 27.0. The molecule has 4 aromatic rings. The highest BCUT2D eigenvalue weighted by Crippen LogP contribution is 2.24. The first-order chi connectivity index (χ1) is 15.1. The summed E-state index contributed by atoms with van der Waals surface area (Å²) in [6.07, 6.45) is 8.55. The molecule has 0 atom stereocenters. The van der Waals surface area contributed by atoms with Crippen LogP contribution in [0.1, 0.15) is 28.7 Å². The van der Waals surface area contributed by atoms with Gasteiger partial charge in [0.2, 0.25) is 0 Å². The number of carbonyl (C=O) groups excluding carboxylic acids is 1. The van der Waals surface area contributed by atoms with Crippen LogP contribution in [0.3, 0.4) is 0 Å². The van der Waals surface area contributed by atoms with E-state index in [0.717, 1.165) is 40.6 Å². The number of thioether (sulfide) groups is 1. The standard InChI is InChI=1S/C20H24N8OS2/c1-4-7-21-16-14-12-23-28(17(14)26-19(25-16)30-3)11-8-22-18(29)15-13(2)24-20(31-15)27-9-5-6-10-27/h5-6,9-10,12H,4,7-8,11H2,1-3H3,(H,22,29)(H,21,25,26). The molecule has 0 bridgehead atoms. The summed E-state index contributed by atoms with van der Waals surface area (Å²) in [5, 5.41) is 13.1. The molecule has 0 aliphatic rings. The van der Waals surface area contributed by atoms with Crippen LogP contribution >= 0.6 is 23.1 Å². The molecule has 0 unspecified atom stereocenters. The van der Waals surface area contributed by atoms with Crippen LogP contribution in [0.25, 0.3) is 16.2 Å². The van der Waals surface area contributed by atoms with E-state index in [0.29, 0.717) is 23.1 Å². The lowest BCUT2D eigenvalue weighted by Gasteiger charge is -2.08. The van der Waals surface area contributed by atoms with E-state index in [1.807, 2.05) is 42.3 Å². The molecule has 0 aliphatic heterocycles. The van der Waals surface area contributed by atoms with Crippen molar-refractivity contribution in [1.29, 1.82) is 0 Å². The summed E-state index contributed by atoms with van der Waals surface area (Å²) in [5.41, 5.74) is 1.48. The third-order valence-electron chi connectivity index (χ3n) is 4.63. The zero-order valence-electron chi connectivity index (χ0n) is 17.6. The van der Waals surface area contributed by atoms with Crippen molar-refractivity contribution in [1.82, 2.24) is 34.6 Å². The second-order valence-corrected chi connectivity index (χ2v) is 8.60. The molecule has 11 heteroatoms. The predicted molar refractivity (Wildman–Crippen MR) is 124 cm³/mol. The molecule has 4 aromatic heterocycles. The van der Waals surface area contributed by atoms with Gasteiger partial charge in [0, 0.05) is 25.5 Å². The summed E-state index contributed by atoms with van der Waals surface area (Å²) < 4.78 is 3.70. The summed E-state index contributed by atoms with van der Waals surface area (Å²) >= 11 is 2.87. The van der Waals surface area contributed by atoms with Crippen LogP contribution in [-0.4, -0.2) is 54.6 Å². The number of fused-ring (bicyclic) bond motifs is 1. The molecule has 2 N–H and O–H groups in total. The first-order valence-electron chi connectivity index (χ1n) is 10.0. The van der Waals surface area contributed by atoms with Crippen molar-refractivity contribution < 1.29 is 4.79 Å². The minimum absolute atomic E-state index is 0.130. The minimum Gasteiger partial charge on any atom is -0.369 e. The van der Waals surface area contributed by atoms with Crippen molar-refractivity contribution in [2.45, 2.75) is 32.0 Å². The van der Waals surface area contributed by atoms with Crippen LogP contribution < -0.4 is 10.6 Å². The number of rotatable bonds is 9. The molecule has 0 saturated heterocycles. The van der Waals surface area contributed by atoms with E-state index >= 15 is 0 Å². The lowest BCUT2D eigenvalue weighted by molar-refractivity contribution is 0.0955. The topological polar surface area (TPSA) is 103 Å². The average molecular weight is 457 g/mol. The lowest BCUT2D eigenvalue weighted by Crippen LogP contribution is -2.27. The Labute approximate surface area is 188 Å². The molecule has 0 saturated carbocycles. The molecule has 4 heterocycles. The number of amides is 1. The zero-order valence-corrected chi connectivity index (χ0v) is 19.3. The molecule has 0 radical (unpaired) electrons. The van der Waals surface area contributed by atoms with Gasteiger partial charge in [-0.2, -0.15) is 5.10 Å². The summed E-state index contributed by atoms with van der Waals surface area (Å²) in [5.74, 6) is 0.666. The van der Waals surface area contributed by atoms with Crippen LogP contribution in [0.4, 0.5) is 5.82 Å². The molecular weight excluding hydrogens is 432 g/mol. The number of aryl methyl sites for hydroxylation is 1. The molecule has 9 nitrogen and oxygen atoms in total. The Hall–Kier alpha value is -2.92. The van der Waals surface area contributed by atoms with E-state index in [1.165, 1.54) is 23.1 Å². The molecule has 0 spiro atoms. The van der Waals surface area contributed by atoms with Gasteiger partial charge in [-0.3, -0.25) is 4.79 Å². The van der Waals surface area contributed by atoms with Gasteiger partial charge in [-0.15, -0.1) is 0 Å². The van der Waals surface area contributed by atoms with Crippen molar-refractivity contribution in [2.75, 3.05) is 24.7 Å². The van der Waals surface area contributed by atoms with Crippen molar-refractivity contribution in [2.24, 2.45) is 0 Å². The van der Waals surface area contributed by atoms with Gasteiger partial charge in [0.15, 0.2) is 15.9 Å². The number of nitrogens with zero attached hydrogens (tertiary/aromatic N) is 6. The highest BCUT2D eigenvalue weighted by atomic mass is 32.2. The molecule has 162 valence electrons. The van der Waals surface area contributed by atoms with Crippen LogP contribution in [0, 0.1) is 6.92 Å². The normalized spacial score (nSPS) is 11.2. The second kappa shape index (κ2) is 9.48. The fourth-order valence-corrected chi connectivity index (χ4v) is 4.40. The Balaban J connectivity index is 1.45. The Bertz CT molecular complexity index is 1180. The van der Waals surface area contributed by atoms with E-state index < -0.39 is 0 Å². The van der Waals surface area contributed by atoms with E-state index in [9.17, 15) is 4.79 Å². The average Bonchev–Trinajstić information content (AvgIpc) is 3.51. The number of carbonyl (C=O) groups is 1. The largest absolute Gasteiger partial charge is 0.369 e. The van der Waals surface area contributed by atoms with E-state index in [4.69, 9.17) is 0 Å². The van der Waals surface area contributed by atoms with Crippen molar-refractivity contribution in [3.63, 3.8) is 0 Å². The smallest absolute Gasteiger partial charge is 0.263 e. The number of hydrogen-bond acceptors (Lipinski definition) is 8. The highest BCUT2D eigenvalue weighted by molar-refractivity contribution is 7.98. The minimum atomic E-state index is -0.130. The van der Waals surface area contributed by atoms with E-state index in [2.05, 4.69) is 37.6 Å². The monoisotopic (exact) mass is 456 g/mol. The number of anilines is 1. The number of hydrogen-bond donors (Lipinski definition) is 2. The quantitative estimate of drug-likeness (QED) is 0.294. The number of nitrogens with one attached hydrogen (secondary N) is 2. The fourth-order valence-electron chi connectivity index (χ4n) is 3.09. The van der Waals surface area contributed by atoms with Gasteiger partial charge in [-0.05, 0) is 31.7 Å². The van der Waals surface area contributed by atoms with Crippen molar-refractivity contribution >= 4 is 45.9 Å². The number of thiazole rings is 1. The fraction of sp³-hybridized carbons (Fsp3) is 0.350. The van der Waals surface area contributed by atoms with Gasteiger partial charge < -0.3 is 15.2 Å². The zero-order chi connectivity index (χ0) is 21.8. The highest BCUT2D eigenvalue weighted by Gasteiger charge is 2.17. The first-order valence-corrected chi connectivity index (χ1v) is 12.0. The SMILES string of the molecule is CCCNc1nc(SC)nc2c1cnn2CCNC(=O)c1sc(-n2cccc2)nc1C. The first kappa shape index (κ1) is 21.3. The lowest BCUT2D eigenvalue weighted by atomic mass is 10.3. The Morgan fingerprint density at radius 2 is 2.00 bits per heavy atom. The van der Waals surface area contributed by atoms with E-state index in [-0.39, 0.29) is 5.91 Å². The third-order valence-corrected chi connectivity index (χ3v) is 6.34. The maximum absolute atomic E-state index is 12.7. The van der Waals surface area contributed by atoms with Crippen LogP contribution in [0.2, 0.25) is 0 Å². The van der Waals surface area contributed by atoms with Crippen molar-refractivity contribution in [3.8, 4) is 5.13 Å². The summed E-state index contributed by atoms with van der Waals surface area (Å²) in [6, 6.07) is 3.86. The van der Waals surface area contributed by atoms with Gasteiger partial charge in [0.25, 0.3) is 5.91 Å². The maximum atomic E-state index is 12.7. The molecule has 0 fully saturated rings. The summed E-state index contributed by atoms with van der Waals surface area (Å²) in [7, 11) is 0. The maximum Gasteiger partial charge on any atom is 0.263 e. The van der Waals surface area contributed by atoms with Crippen LogP contribution in [0.5, 0.6) is 0 Å². The van der Waals surface area contributed by atoms with Crippen LogP contribution in [0.15, 0.2) is 35.9 Å². The predicted octanol–water partition coefficient (Wildman–Crippen LogP) is 3.36. The Kier molecular flexibility index (Phi) is 6.52. The molecule has 4 rings (SSSR count). The molecule has 1 amide bonds. The van der Waals surface area contributed by atoms with E-state index in [1.54, 1.807) is 10.9 Å². The van der Waals surface area contributed by atoms with Gasteiger partial charge in [-0.1, -0.05) is 30.0 Å². The number of aromatic nitrogens is 6. The second-order valence-electron chi connectivity index (χ2n) is 6.85. The molecule has 0 aromatic carbocycles.